The largest absolute Gasteiger partial charge is 0.344 e. The number of carbonyl (C=O) groups is 3. The zero-order valence-electron chi connectivity index (χ0n) is 21.8. The maximum absolute atomic E-state index is 13.6. The van der Waals surface area contributed by atoms with Gasteiger partial charge in [-0.2, -0.15) is 4.31 Å². The maximum atomic E-state index is 13.6. The zero-order chi connectivity index (χ0) is 28.2. The molecule has 1 fully saturated rings. The lowest BCUT2D eigenvalue weighted by Crippen LogP contribution is -2.52. The van der Waals surface area contributed by atoms with Gasteiger partial charge < -0.3 is 10.6 Å². The molecule has 2 heterocycles. The minimum absolute atomic E-state index is 0.0523. The molecule has 2 atom stereocenters. The van der Waals surface area contributed by atoms with E-state index in [0.29, 0.717) is 18.4 Å². The normalized spacial score (nSPS) is 17.5. The van der Waals surface area contributed by atoms with Gasteiger partial charge in [0.2, 0.25) is 15.9 Å². The van der Waals surface area contributed by atoms with Crippen LogP contribution in [-0.4, -0.2) is 60.5 Å². The molecular weight excluding hydrogens is 523 g/mol. The molecule has 1 aromatic heterocycles. The Balaban J connectivity index is 1.45. The van der Waals surface area contributed by atoms with Crippen LogP contribution in [0.4, 0.5) is 4.39 Å². The summed E-state index contributed by atoms with van der Waals surface area (Å²) in [5, 5.41) is 6.34. The molecule has 11 heteroatoms. The highest BCUT2D eigenvalue weighted by Crippen LogP contribution is 2.20. The average molecular weight is 555 g/mol. The summed E-state index contributed by atoms with van der Waals surface area (Å²) in [7, 11) is -4.09. The van der Waals surface area contributed by atoms with Gasteiger partial charge >= 0.3 is 0 Å². The van der Waals surface area contributed by atoms with Crippen molar-refractivity contribution in [3.05, 3.63) is 72.2 Å². The van der Waals surface area contributed by atoms with Crippen molar-refractivity contribution in [3.63, 3.8) is 0 Å². The zero-order valence-corrected chi connectivity index (χ0v) is 22.6. The number of sulfonamides is 1. The van der Waals surface area contributed by atoms with Crippen LogP contribution in [0.2, 0.25) is 0 Å². The second kappa shape index (κ2) is 12.0. The van der Waals surface area contributed by atoms with E-state index in [4.69, 9.17) is 0 Å². The molecule has 0 saturated carbocycles. The number of Topliss-reactive ketones (excluding diaryl/α,β-unsaturated/α-hetero) is 1. The Bertz CT molecular complexity index is 1490. The van der Waals surface area contributed by atoms with Crippen LogP contribution in [0, 0.1) is 11.7 Å². The second-order valence-corrected chi connectivity index (χ2v) is 11.9. The van der Waals surface area contributed by atoms with Crippen molar-refractivity contribution in [3.8, 4) is 0 Å². The molecule has 1 aliphatic heterocycles. The van der Waals surface area contributed by atoms with Gasteiger partial charge in [0.15, 0.2) is 5.78 Å². The molecule has 1 aliphatic rings. The number of amides is 2. The number of ketones is 1. The highest BCUT2D eigenvalue weighted by Gasteiger charge is 2.34. The van der Waals surface area contributed by atoms with E-state index < -0.39 is 52.1 Å². The highest BCUT2D eigenvalue weighted by molar-refractivity contribution is 7.89. The fourth-order valence-corrected chi connectivity index (χ4v) is 6.01. The summed E-state index contributed by atoms with van der Waals surface area (Å²) >= 11 is 0. The third-order valence-electron chi connectivity index (χ3n) is 6.53. The number of nitrogens with one attached hydrogen (secondary N) is 2. The molecule has 2 N–H and O–H groups in total. The lowest BCUT2D eigenvalue weighted by Gasteiger charge is -2.23. The number of halogens is 1. The molecule has 9 nitrogen and oxygen atoms in total. The number of hydrogen-bond donors (Lipinski definition) is 2. The summed E-state index contributed by atoms with van der Waals surface area (Å²) in [6.45, 7) is 3.42. The van der Waals surface area contributed by atoms with Gasteiger partial charge in [0.1, 0.15) is 17.6 Å². The van der Waals surface area contributed by atoms with Gasteiger partial charge in [0, 0.05) is 11.9 Å². The van der Waals surface area contributed by atoms with Gasteiger partial charge in [-0.15, -0.1) is 0 Å². The Labute approximate surface area is 226 Å². The van der Waals surface area contributed by atoms with Crippen molar-refractivity contribution >= 4 is 38.5 Å². The van der Waals surface area contributed by atoms with Crippen LogP contribution >= 0.6 is 0 Å². The smallest absolute Gasteiger partial charge is 0.270 e. The number of para-hydroxylation sites is 1. The van der Waals surface area contributed by atoms with E-state index in [1.807, 2.05) is 32.0 Å². The molecule has 4 rings (SSSR count). The quantitative estimate of drug-likeness (QED) is 0.441. The van der Waals surface area contributed by atoms with E-state index in [2.05, 4.69) is 15.6 Å². The average Bonchev–Trinajstić information content (AvgIpc) is 3.09. The van der Waals surface area contributed by atoms with E-state index in [-0.39, 0.29) is 29.5 Å². The van der Waals surface area contributed by atoms with Crippen molar-refractivity contribution in [1.29, 1.82) is 0 Å². The minimum atomic E-state index is -4.09. The predicted octanol–water partition coefficient (Wildman–Crippen LogP) is 3.06. The summed E-state index contributed by atoms with van der Waals surface area (Å²) in [6, 6.07) is 13.5. The van der Waals surface area contributed by atoms with Crippen LogP contribution in [0.3, 0.4) is 0 Å². The van der Waals surface area contributed by atoms with E-state index in [0.717, 1.165) is 21.8 Å². The van der Waals surface area contributed by atoms with Crippen LogP contribution < -0.4 is 10.6 Å². The molecule has 0 bridgehead atoms. The Kier molecular flexibility index (Phi) is 8.71. The number of rotatable bonds is 8. The van der Waals surface area contributed by atoms with Gasteiger partial charge in [0.25, 0.3) is 5.91 Å². The third kappa shape index (κ3) is 6.85. The van der Waals surface area contributed by atoms with E-state index >= 15 is 0 Å². The van der Waals surface area contributed by atoms with Gasteiger partial charge in [0.05, 0.1) is 23.0 Å². The van der Waals surface area contributed by atoms with Crippen molar-refractivity contribution in [2.75, 3.05) is 13.1 Å². The first-order valence-electron chi connectivity index (χ1n) is 12.8. The molecule has 0 radical (unpaired) electrons. The molecule has 2 amide bonds. The maximum Gasteiger partial charge on any atom is 0.270 e. The number of carbonyl (C=O) groups excluding carboxylic acids is 3. The molecule has 1 unspecified atom stereocenters. The fraction of sp³-hybridized carbons (Fsp3) is 0.357. The van der Waals surface area contributed by atoms with Gasteiger partial charge in [-0.05, 0) is 55.5 Å². The standard InChI is InChI=1S/C28H31FN4O5S/c1-18(2)15-25(32-27(35)24-13-12-19-7-3-4-10-22(19)30-24)28(36)31-23-11-6-14-33(17-26(23)34)39(37,38)21-9-5-8-20(29)16-21/h3-5,7-10,12-13,16,18,23,25H,6,11,14-15,17H2,1-2H3,(H,31,36)(H,32,35)/t23?,25-/m0/s1. The number of hydrogen-bond acceptors (Lipinski definition) is 6. The highest BCUT2D eigenvalue weighted by atomic mass is 32.2. The third-order valence-corrected chi connectivity index (χ3v) is 8.37. The molecule has 0 aliphatic carbocycles. The summed E-state index contributed by atoms with van der Waals surface area (Å²) in [6.07, 6.45) is 0.869. The molecule has 39 heavy (non-hydrogen) atoms. The monoisotopic (exact) mass is 554 g/mol. The Hall–Kier alpha value is -3.70. The first-order chi connectivity index (χ1) is 18.5. The van der Waals surface area contributed by atoms with E-state index in [1.165, 1.54) is 12.1 Å². The second-order valence-electron chi connectivity index (χ2n) is 10.0. The fourth-order valence-electron chi connectivity index (χ4n) is 4.53. The summed E-state index contributed by atoms with van der Waals surface area (Å²) in [5.74, 6) is -2.16. The minimum Gasteiger partial charge on any atom is -0.344 e. The predicted molar refractivity (Wildman–Crippen MR) is 144 cm³/mol. The summed E-state index contributed by atoms with van der Waals surface area (Å²) in [4.78, 5) is 43.4. The van der Waals surface area contributed by atoms with Crippen LogP contribution in [0.15, 0.2) is 65.6 Å². The van der Waals surface area contributed by atoms with E-state index in [9.17, 15) is 27.2 Å². The number of benzene rings is 2. The number of aromatic nitrogens is 1. The lowest BCUT2D eigenvalue weighted by atomic mass is 10.0. The lowest BCUT2D eigenvalue weighted by molar-refractivity contribution is -0.129. The molecule has 1 saturated heterocycles. The van der Waals surface area contributed by atoms with Crippen LogP contribution in [0.1, 0.15) is 43.6 Å². The topological polar surface area (TPSA) is 126 Å². The van der Waals surface area contributed by atoms with Gasteiger partial charge in [-0.1, -0.05) is 44.2 Å². The summed E-state index contributed by atoms with van der Waals surface area (Å²) in [5.41, 5.74) is 0.816. The number of pyridine rings is 1. The van der Waals surface area contributed by atoms with E-state index in [1.54, 1.807) is 18.2 Å². The SMILES string of the molecule is CC(C)C[C@H](NC(=O)c1ccc2ccccc2n1)C(=O)NC1CCCN(S(=O)(=O)c2cccc(F)c2)CC1=O. The Morgan fingerprint density at radius 2 is 1.87 bits per heavy atom. The van der Waals surface area contributed by atoms with Crippen molar-refractivity contribution in [2.24, 2.45) is 5.92 Å². The molecule has 2 aromatic carbocycles. The van der Waals surface area contributed by atoms with Crippen LogP contribution in [0.25, 0.3) is 10.9 Å². The van der Waals surface area contributed by atoms with Crippen molar-refractivity contribution in [1.82, 2.24) is 19.9 Å². The first kappa shape index (κ1) is 28.3. The molecular formula is C28H31FN4O5S. The van der Waals surface area contributed by atoms with Crippen LogP contribution in [-0.2, 0) is 19.6 Å². The molecule has 3 aromatic rings. The van der Waals surface area contributed by atoms with Crippen LogP contribution in [0.5, 0.6) is 0 Å². The van der Waals surface area contributed by atoms with Gasteiger partial charge in [-0.25, -0.2) is 17.8 Å². The first-order valence-corrected chi connectivity index (χ1v) is 14.2. The number of fused-ring (bicyclic) bond motifs is 1. The Morgan fingerprint density at radius 3 is 2.62 bits per heavy atom. The van der Waals surface area contributed by atoms with Crippen molar-refractivity contribution < 1.29 is 27.2 Å². The number of nitrogens with zero attached hydrogens (tertiary/aromatic N) is 2. The Morgan fingerprint density at radius 1 is 1.10 bits per heavy atom. The molecule has 206 valence electrons. The molecule has 0 spiro atoms. The van der Waals surface area contributed by atoms with Gasteiger partial charge in [-0.3, -0.25) is 14.4 Å². The summed E-state index contributed by atoms with van der Waals surface area (Å²) < 4.78 is 40.6. The van der Waals surface area contributed by atoms with Crippen molar-refractivity contribution in [2.45, 2.75) is 50.1 Å².